The number of carbonyl (C=O) groups excluding carboxylic acids is 1. The van der Waals surface area contributed by atoms with Gasteiger partial charge in [-0.1, -0.05) is 40.9 Å². The van der Waals surface area contributed by atoms with Crippen LogP contribution in [0.25, 0.3) is 0 Å². The van der Waals surface area contributed by atoms with Crippen molar-refractivity contribution in [1.29, 1.82) is 0 Å². The highest BCUT2D eigenvalue weighted by molar-refractivity contribution is 7.16. The average Bonchev–Trinajstić information content (AvgIpc) is 2.86. The topological polar surface area (TPSA) is 62.2 Å². The number of nitrogens with zero attached hydrogens (tertiary/aromatic N) is 1. The number of benzene rings is 1. The first-order valence-electron chi connectivity index (χ1n) is 6.04. The number of nitrogens with one attached hydrogen (secondary N) is 1. The summed E-state index contributed by atoms with van der Waals surface area (Å²) in [4.78, 5) is 17.0. The molecule has 0 bridgehead atoms. The van der Waals surface area contributed by atoms with E-state index in [4.69, 9.17) is 5.11 Å². The maximum absolute atomic E-state index is 12.2. The molecule has 1 heterocycles. The molecule has 0 radical (unpaired) electrons. The third kappa shape index (κ3) is 3.44. The molecular formula is C15H14N2O2S. The minimum absolute atomic E-state index is 0.179. The Bertz CT molecular complexity index is 695. The van der Waals surface area contributed by atoms with Crippen LogP contribution in [0.2, 0.25) is 0 Å². The lowest BCUT2D eigenvalue weighted by Crippen LogP contribution is -2.13. The minimum Gasteiger partial charge on any atom is -0.384 e. The van der Waals surface area contributed by atoms with Crippen LogP contribution in [-0.2, 0) is 0 Å². The summed E-state index contributed by atoms with van der Waals surface area (Å²) >= 11 is 1.28. The molecule has 0 aliphatic heterocycles. The van der Waals surface area contributed by atoms with Crippen LogP contribution in [0.3, 0.4) is 0 Å². The van der Waals surface area contributed by atoms with Gasteiger partial charge in [-0.05, 0) is 25.5 Å². The predicted molar refractivity (Wildman–Crippen MR) is 79.9 cm³/mol. The number of carbonyl (C=O) groups is 1. The van der Waals surface area contributed by atoms with Gasteiger partial charge >= 0.3 is 0 Å². The molecule has 1 aromatic carbocycles. The van der Waals surface area contributed by atoms with E-state index in [1.807, 2.05) is 32.0 Å². The summed E-state index contributed by atoms with van der Waals surface area (Å²) in [6.07, 6.45) is 1.58. The lowest BCUT2D eigenvalue weighted by atomic mass is 10.1. The smallest absolute Gasteiger partial charge is 0.257 e. The number of amides is 1. The third-order valence-electron chi connectivity index (χ3n) is 2.65. The fraction of sp³-hybridized carbons (Fsp3) is 0.200. The molecular weight excluding hydrogens is 272 g/mol. The highest BCUT2D eigenvalue weighted by atomic mass is 32.1. The molecule has 0 saturated carbocycles. The highest BCUT2D eigenvalue weighted by Crippen LogP contribution is 2.19. The third-order valence-corrected chi connectivity index (χ3v) is 3.48. The Morgan fingerprint density at radius 2 is 2.25 bits per heavy atom. The molecule has 0 fully saturated rings. The van der Waals surface area contributed by atoms with E-state index in [2.05, 4.69) is 22.1 Å². The molecule has 0 atom stereocenters. The maximum Gasteiger partial charge on any atom is 0.257 e. The summed E-state index contributed by atoms with van der Waals surface area (Å²) in [5.41, 5.74) is 2.60. The Kier molecular flexibility index (Phi) is 4.51. The summed E-state index contributed by atoms with van der Waals surface area (Å²) < 4.78 is 0. The zero-order valence-electron chi connectivity index (χ0n) is 11.2. The first-order valence-corrected chi connectivity index (χ1v) is 6.86. The van der Waals surface area contributed by atoms with Crippen molar-refractivity contribution < 1.29 is 9.90 Å². The molecule has 0 saturated heterocycles. The lowest BCUT2D eigenvalue weighted by molar-refractivity contribution is 0.102. The second kappa shape index (κ2) is 6.33. The van der Waals surface area contributed by atoms with E-state index in [1.165, 1.54) is 11.3 Å². The van der Waals surface area contributed by atoms with Crippen molar-refractivity contribution in [2.24, 2.45) is 0 Å². The van der Waals surface area contributed by atoms with Gasteiger partial charge in [0, 0.05) is 5.56 Å². The van der Waals surface area contributed by atoms with Crippen LogP contribution in [0.15, 0.2) is 24.4 Å². The van der Waals surface area contributed by atoms with Crippen LogP contribution >= 0.6 is 11.3 Å². The Morgan fingerprint density at radius 1 is 1.45 bits per heavy atom. The van der Waals surface area contributed by atoms with Gasteiger partial charge in [0.05, 0.1) is 11.1 Å². The fourth-order valence-electron chi connectivity index (χ4n) is 1.66. The van der Waals surface area contributed by atoms with Crippen LogP contribution < -0.4 is 5.32 Å². The van der Waals surface area contributed by atoms with Crippen LogP contribution in [0, 0.1) is 25.7 Å². The van der Waals surface area contributed by atoms with Crippen LogP contribution in [0.4, 0.5) is 5.13 Å². The molecule has 0 aliphatic carbocycles. The van der Waals surface area contributed by atoms with Crippen LogP contribution in [0.5, 0.6) is 0 Å². The van der Waals surface area contributed by atoms with Gasteiger partial charge in [0.2, 0.25) is 0 Å². The Labute approximate surface area is 121 Å². The number of aryl methyl sites for hydroxylation is 2. The van der Waals surface area contributed by atoms with E-state index in [1.54, 1.807) is 6.20 Å². The number of hydrogen-bond donors (Lipinski definition) is 2. The van der Waals surface area contributed by atoms with Gasteiger partial charge in [-0.25, -0.2) is 4.98 Å². The molecule has 2 aromatic rings. The van der Waals surface area contributed by atoms with Crippen molar-refractivity contribution in [3.8, 4) is 11.8 Å². The first kappa shape index (κ1) is 14.3. The van der Waals surface area contributed by atoms with Crippen molar-refractivity contribution in [3.05, 3.63) is 46.0 Å². The van der Waals surface area contributed by atoms with Crippen molar-refractivity contribution in [2.75, 3.05) is 11.9 Å². The second-order valence-corrected chi connectivity index (χ2v) is 5.29. The van der Waals surface area contributed by atoms with E-state index in [-0.39, 0.29) is 12.5 Å². The molecule has 4 nitrogen and oxygen atoms in total. The van der Waals surface area contributed by atoms with Crippen molar-refractivity contribution in [2.45, 2.75) is 13.8 Å². The average molecular weight is 286 g/mol. The van der Waals surface area contributed by atoms with Gasteiger partial charge in [-0.2, -0.15) is 0 Å². The molecule has 1 aromatic heterocycles. The number of aliphatic hydroxyl groups is 1. The van der Waals surface area contributed by atoms with Gasteiger partial charge in [0.25, 0.3) is 5.91 Å². The van der Waals surface area contributed by atoms with Gasteiger partial charge in [0.15, 0.2) is 5.13 Å². The monoisotopic (exact) mass is 286 g/mol. The molecule has 2 rings (SSSR count). The summed E-state index contributed by atoms with van der Waals surface area (Å²) in [5.74, 6) is 5.12. The number of aromatic nitrogens is 1. The molecule has 5 heteroatoms. The summed E-state index contributed by atoms with van der Waals surface area (Å²) in [6, 6.07) is 5.74. The van der Waals surface area contributed by atoms with Crippen LogP contribution in [-0.4, -0.2) is 22.6 Å². The van der Waals surface area contributed by atoms with Gasteiger partial charge < -0.3 is 5.11 Å². The zero-order valence-corrected chi connectivity index (χ0v) is 12.0. The standard InChI is InChI=1S/C15H14N2O2S/c1-10-5-6-11(2)13(8-10)14(19)17-15-16-9-12(20-15)4-3-7-18/h5-6,8-9,18H,7H2,1-2H3,(H,16,17,19). The summed E-state index contributed by atoms with van der Waals surface area (Å²) in [7, 11) is 0. The number of thiazole rings is 1. The SMILES string of the molecule is Cc1ccc(C)c(C(=O)Nc2ncc(C#CCO)s2)c1. The molecule has 2 N–H and O–H groups in total. The number of hydrogen-bond acceptors (Lipinski definition) is 4. The van der Waals surface area contributed by atoms with Crippen molar-refractivity contribution >= 4 is 22.4 Å². The highest BCUT2D eigenvalue weighted by Gasteiger charge is 2.11. The largest absolute Gasteiger partial charge is 0.384 e. The molecule has 0 unspecified atom stereocenters. The Hall–Kier alpha value is -2.16. The lowest BCUT2D eigenvalue weighted by Gasteiger charge is -2.06. The summed E-state index contributed by atoms with van der Waals surface area (Å²) in [5, 5.41) is 11.9. The number of anilines is 1. The Balaban J connectivity index is 2.15. The van der Waals surface area contributed by atoms with E-state index in [0.29, 0.717) is 15.6 Å². The fourth-order valence-corrected chi connectivity index (χ4v) is 2.35. The van der Waals surface area contributed by atoms with E-state index >= 15 is 0 Å². The van der Waals surface area contributed by atoms with Crippen LogP contribution in [0.1, 0.15) is 26.4 Å². The molecule has 102 valence electrons. The number of aliphatic hydroxyl groups excluding tert-OH is 1. The Morgan fingerprint density at radius 3 is 3.00 bits per heavy atom. The van der Waals surface area contributed by atoms with E-state index in [0.717, 1.165) is 11.1 Å². The molecule has 20 heavy (non-hydrogen) atoms. The van der Waals surface area contributed by atoms with Crippen molar-refractivity contribution in [1.82, 2.24) is 4.98 Å². The second-order valence-electron chi connectivity index (χ2n) is 4.26. The quantitative estimate of drug-likeness (QED) is 0.833. The van der Waals surface area contributed by atoms with Gasteiger partial charge in [0.1, 0.15) is 6.61 Å². The predicted octanol–water partition coefficient (Wildman–Crippen LogP) is 2.36. The first-order chi connectivity index (χ1) is 9.60. The summed E-state index contributed by atoms with van der Waals surface area (Å²) in [6.45, 7) is 3.65. The van der Waals surface area contributed by atoms with E-state index in [9.17, 15) is 4.79 Å². The maximum atomic E-state index is 12.2. The molecule has 0 aliphatic rings. The number of rotatable bonds is 2. The zero-order chi connectivity index (χ0) is 14.5. The van der Waals surface area contributed by atoms with E-state index < -0.39 is 0 Å². The van der Waals surface area contributed by atoms with Gasteiger partial charge in [-0.15, -0.1) is 0 Å². The normalized spacial score (nSPS) is 9.75. The molecule has 1 amide bonds. The van der Waals surface area contributed by atoms with Gasteiger partial charge in [-0.3, -0.25) is 10.1 Å². The van der Waals surface area contributed by atoms with Crippen molar-refractivity contribution in [3.63, 3.8) is 0 Å². The molecule has 0 spiro atoms. The minimum atomic E-state index is -0.192.